The normalized spacial score (nSPS) is 13.6. The molecular weight excluding hydrogens is 913 g/mol. The molecule has 4 aliphatic rings. The molecule has 0 unspecified atom stereocenters. The molecule has 7 heterocycles. The lowest BCUT2D eigenvalue weighted by atomic mass is 9.99. The summed E-state index contributed by atoms with van der Waals surface area (Å²) in [7, 11) is 0. The van der Waals surface area contributed by atoms with Crippen molar-refractivity contribution >= 4 is 70.2 Å². The molecule has 334 valence electrons. The van der Waals surface area contributed by atoms with Gasteiger partial charge in [-0.1, -0.05) is 12.1 Å². The van der Waals surface area contributed by atoms with Crippen molar-refractivity contribution < 1.29 is 74.0 Å². The number of carbonyl (C=O) groups excluding carboxylic acids is 4. The quantitative estimate of drug-likeness (QED) is 0.0573. The highest BCUT2D eigenvalue weighted by Gasteiger charge is 2.34. The van der Waals surface area contributed by atoms with Gasteiger partial charge < -0.3 is 29.7 Å². The maximum atomic E-state index is 16.1. The third-order valence-corrected chi connectivity index (χ3v) is 11.6. The summed E-state index contributed by atoms with van der Waals surface area (Å²) in [5, 5.41) is 19.9. The molecule has 20 heteroatoms. The minimum Gasteiger partial charge on any atom is -0.503 e. The van der Waals surface area contributed by atoms with Crippen LogP contribution in [-0.4, -0.2) is 54.0 Å². The fourth-order valence-electron chi connectivity index (χ4n) is 8.50. The van der Waals surface area contributed by atoms with Gasteiger partial charge in [0.15, 0.2) is 34.8 Å². The first-order valence-corrected chi connectivity index (χ1v) is 19.6. The number of benzene rings is 4. The van der Waals surface area contributed by atoms with E-state index in [1.54, 1.807) is 0 Å². The molecule has 3 aromatic heterocycles. The van der Waals surface area contributed by atoms with Crippen LogP contribution >= 0.6 is 0 Å². The summed E-state index contributed by atoms with van der Waals surface area (Å²) >= 11 is 0. The molecule has 4 N–H and O–H groups in total. The van der Waals surface area contributed by atoms with Gasteiger partial charge in [-0.3, -0.25) is 0 Å². The van der Waals surface area contributed by atoms with E-state index in [2.05, 4.69) is 19.9 Å². The van der Waals surface area contributed by atoms with Crippen molar-refractivity contribution in [1.29, 1.82) is 0 Å². The van der Waals surface area contributed by atoms with Gasteiger partial charge in [0.2, 0.25) is 23.3 Å². The second-order valence-corrected chi connectivity index (χ2v) is 15.3. The molecule has 4 aliphatic heterocycles. The van der Waals surface area contributed by atoms with Crippen LogP contribution in [0.4, 0.5) is 35.1 Å². The minimum atomic E-state index is -2.16. The van der Waals surface area contributed by atoms with E-state index in [0.717, 1.165) is 0 Å². The molecule has 11 rings (SSSR count). The van der Waals surface area contributed by atoms with E-state index in [0.29, 0.717) is 0 Å². The number of esters is 4. The number of hydrogen-bond donors (Lipinski definition) is 4. The highest BCUT2D eigenvalue weighted by atomic mass is 19.2. The first-order valence-electron chi connectivity index (χ1n) is 19.6. The van der Waals surface area contributed by atoms with E-state index >= 15 is 35.1 Å². The number of fused-ring (bicyclic) bond motifs is 10. The first kappa shape index (κ1) is 41.5. The highest BCUT2D eigenvalue weighted by molar-refractivity contribution is 6.16. The van der Waals surface area contributed by atoms with Crippen LogP contribution in [0, 0.1) is 46.5 Å². The Bertz CT molecular complexity index is 3550. The fraction of sp³-hybridized carbons (Fsp3) is 0. The molecule has 4 aromatic carbocycles. The lowest BCUT2D eigenvalue weighted by Gasteiger charge is -2.11. The predicted octanol–water partition coefficient (Wildman–Crippen LogP) is 10.5. The molecule has 0 atom stereocenters. The number of rotatable bonds is 4. The lowest BCUT2D eigenvalue weighted by Crippen LogP contribution is -2.02. The minimum absolute atomic E-state index is 0.0242. The van der Waals surface area contributed by atoms with Crippen molar-refractivity contribution in [2.24, 2.45) is 0 Å². The highest BCUT2D eigenvalue weighted by Crippen LogP contribution is 2.44. The average Bonchev–Trinajstić information content (AvgIpc) is 4.21. The third kappa shape index (κ3) is 5.92. The lowest BCUT2D eigenvalue weighted by molar-refractivity contribution is 0.0425. The molecule has 0 amide bonds. The van der Waals surface area contributed by atoms with E-state index in [4.69, 9.17) is 9.47 Å². The second-order valence-electron chi connectivity index (χ2n) is 15.3. The maximum Gasteiger partial charge on any atom is 0.346 e. The molecule has 0 radical (unpaired) electrons. The number of nitrogens with zero attached hydrogens (tertiary/aromatic N) is 2. The molecule has 0 spiro atoms. The molecule has 0 saturated heterocycles. The first-order chi connectivity index (χ1) is 32.5. The van der Waals surface area contributed by atoms with Crippen LogP contribution in [0.15, 0.2) is 60.7 Å². The SMILES string of the molecule is O=C1OC(=O)c2cc(-c3c4nc(c(-c5c(F)c(F)c(O)c(F)c5F)c5ccc([nH]5)c(-c5ccc6c(c5)C(=O)OC6=O)c5nc(c(-c6c(F)c(F)c(O)c(F)c6F)c6ccc3[nH]6)C=C5)C=C4)ccc21. The Balaban J connectivity index is 1.35. The Hall–Kier alpha value is -9.20. The number of H-pyrrole nitrogens is 2. The summed E-state index contributed by atoms with van der Waals surface area (Å²) in [4.78, 5) is 65.4. The molecular formula is C48H18F8N4O8. The summed E-state index contributed by atoms with van der Waals surface area (Å²) < 4.78 is 135. The Morgan fingerprint density at radius 2 is 0.662 bits per heavy atom. The zero-order valence-corrected chi connectivity index (χ0v) is 33.3. The van der Waals surface area contributed by atoms with Gasteiger partial charge >= 0.3 is 23.9 Å². The number of nitrogens with one attached hydrogen (secondary N) is 2. The van der Waals surface area contributed by atoms with Gasteiger partial charge in [0, 0.05) is 44.3 Å². The Kier molecular flexibility index (Phi) is 8.94. The van der Waals surface area contributed by atoms with Crippen LogP contribution in [0.1, 0.15) is 64.2 Å². The zero-order valence-electron chi connectivity index (χ0n) is 33.3. The molecule has 12 nitrogen and oxygen atoms in total. The Morgan fingerprint density at radius 1 is 0.368 bits per heavy atom. The van der Waals surface area contributed by atoms with Gasteiger partial charge in [0.1, 0.15) is 0 Å². The van der Waals surface area contributed by atoms with Crippen LogP contribution in [0.3, 0.4) is 0 Å². The Labute approximate surface area is 371 Å². The molecule has 0 aliphatic carbocycles. The number of cyclic esters (lactones) is 4. The van der Waals surface area contributed by atoms with E-state index in [1.807, 2.05) is 0 Å². The van der Waals surface area contributed by atoms with E-state index in [1.165, 1.54) is 85.0 Å². The average molecular weight is 931 g/mol. The Morgan fingerprint density at radius 3 is 1.00 bits per heavy atom. The predicted molar refractivity (Wildman–Crippen MR) is 223 cm³/mol. The monoisotopic (exact) mass is 930 g/mol. The number of hydrogen-bond acceptors (Lipinski definition) is 10. The molecule has 7 aromatic rings. The summed E-state index contributed by atoms with van der Waals surface area (Å²) in [6.07, 6.45) is 4.91. The van der Waals surface area contributed by atoms with Gasteiger partial charge in [-0.2, -0.15) is 17.6 Å². The summed E-state index contributed by atoms with van der Waals surface area (Å²) in [6, 6.07) is 12.6. The molecule has 0 fully saturated rings. The van der Waals surface area contributed by atoms with Crippen LogP contribution in [-0.2, 0) is 9.47 Å². The number of ether oxygens (including phenoxy) is 2. The van der Waals surface area contributed by atoms with Crippen molar-refractivity contribution in [1.82, 2.24) is 19.9 Å². The van der Waals surface area contributed by atoms with E-state index in [-0.39, 0.29) is 89.4 Å². The summed E-state index contributed by atoms with van der Waals surface area (Å²) in [5.41, 5.74) is -6.26. The molecule has 8 bridgehead atoms. The van der Waals surface area contributed by atoms with E-state index in [9.17, 15) is 29.4 Å². The smallest absolute Gasteiger partial charge is 0.346 e. The van der Waals surface area contributed by atoms with Crippen LogP contribution < -0.4 is 0 Å². The molecule has 68 heavy (non-hydrogen) atoms. The van der Waals surface area contributed by atoms with Gasteiger partial charge in [0.25, 0.3) is 0 Å². The van der Waals surface area contributed by atoms with Crippen LogP contribution in [0.5, 0.6) is 11.5 Å². The number of halogens is 8. The second kappa shape index (κ2) is 14.7. The summed E-state index contributed by atoms with van der Waals surface area (Å²) in [6.45, 7) is 0. The fourth-order valence-corrected chi connectivity index (χ4v) is 8.50. The zero-order chi connectivity index (χ0) is 47.8. The third-order valence-electron chi connectivity index (χ3n) is 11.6. The van der Waals surface area contributed by atoms with Gasteiger partial charge in [-0.25, -0.2) is 46.7 Å². The van der Waals surface area contributed by atoms with Crippen molar-refractivity contribution in [2.75, 3.05) is 0 Å². The maximum absolute atomic E-state index is 16.1. The number of aromatic nitrogens is 4. The number of phenolic OH excluding ortho intramolecular Hbond substituents is 2. The van der Waals surface area contributed by atoms with Gasteiger partial charge in [-0.15, -0.1) is 0 Å². The van der Waals surface area contributed by atoms with Crippen molar-refractivity contribution in [3.05, 3.63) is 152 Å². The van der Waals surface area contributed by atoms with Crippen LogP contribution in [0.2, 0.25) is 0 Å². The molecule has 0 saturated carbocycles. The standard InChI is InChI=1S/C48H18F8N4O8/c49-35-33(36(50)40(54)43(61)39(35)53)31-25-9-5-21(57-25)29(15-1-3-17-19(13-15)47(65)67-45(17)63)22-6-10-26(58-22)32(34-37(51)41(55)44(62)42(56)38(34)52)28-12-8-24(60-28)30(23-7-11-27(31)59-23)16-2-4-18-20(14-16)48(66)68-46(18)64/h1-14,57,60-62H. The topological polar surface area (TPSA) is 185 Å². The number of aromatic amines is 2. The van der Waals surface area contributed by atoms with Crippen LogP contribution in [0.25, 0.3) is 90.9 Å². The van der Waals surface area contributed by atoms with Gasteiger partial charge in [-0.05, 0) is 84.0 Å². The number of aromatic hydroxyl groups is 2. The summed E-state index contributed by atoms with van der Waals surface area (Å²) in [5.74, 6) is -24.7. The number of carbonyl (C=O) groups is 4. The largest absolute Gasteiger partial charge is 0.503 e. The van der Waals surface area contributed by atoms with Crippen molar-refractivity contribution in [3.8, 4) is 56.0 Å². The van der Waals surface area contributed by atoms with Crippen molar-refractivity contribution in [2.45, 2.75) is 0 Å². The van der Waals surface area contributed by atoms with Gasteiger partial charge in [0.05, 0.1) is 56.2 Å². The number of phenols is 2. The van der Waals surface area contributed by atoms with Crippen molar-refractivity contribution in [3.63, 3.8) is 0 Å². The van der Waals surface area contributed by atoms with E-state index < -0.39 is 104 Å².